The van der Waals surface area contributed by atoms with E-state index < -0.39 is 91.5 Å². The molecule has 0 aliphatic heterocycles. The largest absolute Gasteiger partial charge is 0.472 e. The maximum Gasteiger partial charge on any atom is 0.472 e. The Morgan fingerprint density at radius 1 is 0.377 bits per heavy atom. The standard InChI is InChI=1S/C59H106O16P2/c1-4-7-10-13-16-19-22-24-25-26-27-29-32-33-36-39-42-45-57(62)69-48-54(60)49-71-76(65,66)72-50-55(61)51-73-77(67,68)74-53-56(75-59(64)47-44-41-38-35-30-21-18-15-12-9-6-3)52-70-58(63)46-43-40-37-34-31-28-23-20-17-14-11-8-5-2/h7,10,16,19,24-25,27,29,33,36,54-56,60-61H,4-6,8-9,11-15,17-18,20-23,26,28,30-32,34-35,37-53H2,1-3H3,(H,65,66)(H,67,68)/b10-7-,19-16-,25-24-,29-27-,36-33-. The van der Waals surface area contributed by atoms with Gasteiger partial charge in [0, 0.05) is 19.3 Å². The molecule has 0 radical (unpaired) electrons. The predicted molar refractivity (Wildman–Crippen MR) is 307 cm³/mol. The third kappa shape index (κ3) is 55.0. The van der Waals surface area contributed by atoms with Gasteiger partial charge in [-0.05, 0) is 57.8 Å². The normalized spacial score (nSPS) is 14.9. The number of carbonyl (C=O) groups excluding carboxylic acids is 3. The van der Waals surface area contributed by atoms with Gasteiger partial charge in [-0.1, -0.05) is 223 Å². The quantitative estimate of drug-likeness (QED) is 0.0146. The number of allylic oxidation sites excluding steroid dienone is 10. The van der Waals surface area contributed by atoms with Crippen molar-refractivity contribution in [3.8, 4) is 0 Å². The van der Waals surface area contributed by atoms with Crippen molar-refractivity contribution >= 4 is 33.6 Å². The minimum absolute atomic E-state index is 0.109. The molecular weight excluding hydrogens is 1030 g/mol. The molecule has 0 fully saturated rings. The number of carbonyl (C=O) groups is 3. The number of hydrogen-bond acceptors (Lipinski definition) is 14. The highest BCUT2D eigenvalue weighted by Gasteiger charge is 2.29. The van der Waals surface area contributed by atoms with Crippen molar-refractivity contribution in [2.75, 3.05) is 39.6 Å². The van der Waals surface area contributed by atoms with Gasteiger partial charge < -0.3 is 34.2 Å². The summed E-state index contributed by atoms with van der Waals surface area (Å²) in [5, 5.41) is 20.4. The van der Waals surface area contributed by atoms with Crippen LogP contribution in [-0.2, 0) is 55.8 Å². The van der Waals surface area contributed by atoms with Gasteiger partial charge in [0.2, 0.25) is 0 Å². The molecule has 0 aliphatic rings. The maximum absolute atomic E-state index is 12.8. The Bertz CT molecular complexity index is 1670. The zero-order chi connectivity index (χ0) is 56.8. The van der Waals surface area contributed by atoms with E-state index in [4.69, 9.17) is 32.3 Å². The van der Waals surface area contributed by atoms with Gasteiger partial charge in [-0.2, -0.15) is 0 Å². The van der Waals surface area contributed by atoms with Crippen molar-refractivity contribution in [1.29, 1.82) is 0 Å². The highest BCUT2D eigenvalue weighted by molar-refractivity contribution is 7.47. The molecule has 0 saturated heterocycles. The van der Waals surface area contributed by atoms with Crippen molar-refractivity contribution < 1.29 is 75.8 Å². The van der Waals surface area contributed by atoms with E-state index in [0.29, 0.717) is 25.7 Å². The molecule has 448 valence electrons. The van der Waals surface area contributed by atoms with E-state index >= 15 is 0 Å². The monoisotopic (exact) mass is 1130 g/mol. The van der Waals surface area contributed by atoms with Crippen LogP contribution in [-0.4, -0.2) is 95.9 Å². The Morgan fingerprint density at radius 2 is 0.688 bits per heavy atom. The van der Waals surface area contributed by atoms with Crippen LogP contribution in [0, 0.1) is 0 Å². The van der Waals surface area contributed by atoms with Crippen LogP contribution in [0.3, 0.4) is 0 Å². The Balaban J connectivity index is 4.66. The third-order valence-electron chi connectivity index (χ3n) is 12.3. The van der Waals surface area contributed by atoms with Crippen molar-refractivity contribution in [2.24, 2.45) is 0 Å². The van der Waals surface area contributed by atoms with E-state index in [1.165, 1.54) is 96.3 Å². The van der Waals surface area contributed by atoms with Crippen molar-refractivity contribution in [3.05, 3.63) is 60.8 Å². The molecule has 0 amide bonds. The minimum Gasteiger partial charge on any atom is -0.463 e. The van der Waals surface area contributed by atoms with Gasteiger partial charge in [0.1, 0.15) is 25.4 Å². The molecule has 0 aromatic carbocycles. The zero-order valence-corrected chi connectivity index (χ0v) is 49.7. The summed E-state index contributed by atoms with van der Waals surface area (Å²) in [6.45, 7) is 2.47. The summed E-state index contributed by atoms with van der Waals surface area (Å²) in [6, 6.07) is 0. The van der Waals surface area contributed by atoms with Gasteiger partial charge >= 0.3 is 33.6 Å². The predicted octanol–water partition coefficient (Wildman–Crippen LogP) is 15.1. The number of phosphoric ester groups is 2. The van der Waals surface area contributed by atoms with Gasteiger partial charge in [0.15, 0.2) is 6.10 Å². The van der Waals surface area contributed by atoms with Gasteiger partial charge in [-0.25, -0.2) is 9.13 Å². The number of esters is 3. The molecule has 0 spiro atoms. The van der Waals surface area contributed by atoms with E-state index in [1.54, 1.807) is 0 Å². The van der Waals surface area contributed by atoms with Crippen LogP contribution < -0.4 is 0 Å². The molecule has 0 aliphatic carbocycles. The molecule has 4 N–H and O–H groups in total. The lowest BCUT2D eigenvalue weighted by molar-refractivity contribution is -0.161. The fourth-order valence-electron chi connectivity index (χ4n) is 7.72. The summed E-state index contributed by atoms with van der Waals surface area (Å²) >= 11 is 0. The zero-order valence-electron chi connectivity index (χ0n) is 47.9. The fourth-order valence-corrected chi connectivity index (χ4v) is 9.31. The third-order valence-corrected chi connectivity index (χ3v) is 14.2. The molecule has 5 atom stereocenters. The van der Waals surface area contributed by atoms with Gasteiger partial charge in [-0.15, -0.1) is 0 Å². The number of unbranched alkanes of at least 4 members (excludes halogenated alkanes) is 23. The summed E-state index contributed by atoms with van der Waals surface area (Å²) in [5.74, 6) is -1.62. The molecule has 0 aromatic heterocycles. The van der Waals surface area contributed by atoms with Crippen molar-refractivity contribution in [2.45, 2.75) is 257 Å². The van der Waals surface area contributed by atoms with E-state index in [2.05, 4.69) is 69.4 Å². The first-order valence-electron chi connectivity index (χ1n) is 29.6. The Hall–Kier alpha value is -2.75. The van der Waals surface area contributed by atoms with E-state index in [0.717, 1.165) is 77.0 Å². The van der Waals surface area contributed by atoms with E-state index in [1.807, 2.05) is 12.2 Å². The smallest absolute Gasteiger partial charge is 0.463 e. The highest BCUT2D eigenvalue weighted by Crippen LogP contribution is 2.45. The van der Waals surface area contributed by atoms with Crippen LogP contribution in [0.15, 0.2) is 60.8 Å². The number of rotatable bonds is 56. The molecular formula is C59H106O16P2. The van der Waals surface area contributed by atoms with E-state index in [-0.39, 0.29) is 19.3 Å². The molecule has 0 aromatic rings. The SMILES string of the molecule is CC/C=C\C/C=C\C/C=C\C/C=C\C/C=C\CCCC(=O)OCC(O)COP(=O)(O)OCC(O)COP(=O)(O)OCC(COC(=O)CCCCCCCCCCCCCCC)OC(=O)CCCCCCCCCCCCC. The Kier molecular flexibility index (Phi) is 51.9. The molecule has 5 unspecified atom stereocenters. The average Bonchev–Trinajstić information content (AvgIpc) is 3.40. The molecule has 0 saturated carbocycles. The number of ether oxygens (including phenoxy) is 3. The summed E-state index contributed by atoms with van der Waals surface area (Å²) in [5.41, 5.74) is 0. The first-order valence-corrected chi connectivity index (χ1v) is 32.6. The van der Waals surface area contributed by atoms with Crippen molar-refractivity contribution in [3.63, 3.8) is 0 Å². The van der Waals surface area contributed by atoms with Crippen LogP contribution in [0.1, 0.15) is 239 Å². The average molecular weight is 1130 g/mol. The maximum atomic E-state index is 12.8. The molecule has 0 rings (SSSR count). The van der Waals surface area contributed by atoms with Crippen LogP contribution in [0.5, 0.6) is 0 Å². The topological polar surface area (TPSA) is 231 Å². The lowest BCUT2D eigenvalue weighted by atomic mass is 10.0. The number of hydrogen-bond donors (Lipinski definition) is 4. The van der Waals surface area contributed by atoms with E-state index in [9.17, 15) is 43.5 Å². The summed E-state index contributed by atoms with van der Waals surface area (Å²) < 4.78 is 60.5. The summed E-state index contributed by atoms with van der Waals surface area (Å²) in [7, 11) is -9.76. The second-order valence-electron chi connectivity index (χ2n) is 19.8. The van der Waals surface area contributed by atoms with Crippen LogP contribution in [0.25, 0.3) is 0 Å². The van der Waals surface area contributed by atoms with Gasteiger partial charge in [0.25, 0.3) is 0 Å². The molecule has 77 heavy (non-hydrogen) atoms. The second kappa shape index (κ2) is 53.9. The second-order valence-corrected chi connectivity index (χ2v) is 22.7. The number of aliphatic hydroxyl groups is 2. The molecule has 0 heterocycles. The Labute approximate surface area is 465 Å². The summed E-state index contributed by atoms with van der Waals surface area (Å²) in [6.07, 6.45) is 50.2. The van der Waals surface area contributed by atoms with Crippen LogP contribution >= 0.6 is 15.6 Å². The molecule has 16 nitrogen and oxygen atoms in total. The van der Waals surface area contributed by atoms with Crippen LogP contribution in [0.4, 0.5) is 0 Å². The van der Waals surface area contributed by atoms with Crippen molar-refractivity contribution in [1.82, 2.24) is 0 Å². The lowest BCUT2D eigenvalue weighted by Gasteiger charge is -2.21. The first-order chi connectivity index (χ1) is 37.2. The summed E-state index contributed by atoms with van der Waals surface area (Å²) in [4.78, 5) is 57.9. The molecule has 0 bridgehead atoms. The van der Waals surface area contributed by atoms with Gasteiger partial charge in [-0.3, -0.25) is 32.5 Å². The lowest BCUT2D eigenvalue weighted by Crippen LogP contribution is -2.30. The van der Waals surface area contributed by atoms with Gasteiger partial charge in [0.05, 0.1) is 26.4 Å². The fraction of sp³-hybridized carbons (Fsp3) is 0.780. The number of aliphatic hydroxyl groups excluding tert-OH is 2. The Morgan fingerprint density at radius 3 is 1.09 bits per heavy atom. The van der Waals surface area contributed by atoms with Crippen LogP contribution in [0.2, 0.25) is 0 Å². The highest BCUT2D eigenvalue weighted by atomic mass is 31.2. The minimum atomic E-state index is -4.91. The molecule has 18 heteroatoms. The number of phosphoric acid groups is 2. The first kappa shape index (κ1) is 74.2.